The summed E-state index contributed by atoms with van der Waals surface area (Å²) in [6, 6.07) is -0.370. The molecule has 0 fully saturated rings. The van der Waals surface area contributed by atoms with Gasteiger partial charge >= 0.3 is 6.09 Å². The van der Waals surface area contributed by atoms with Crippen molar-refractivity contribution in [3.05, 3.63) is 12.7 Å². The van der Waals surface area contributed by atoms with Gasteiger partial charge in [-0.15, -0.1) is 6.58 Å². The molecule has 0 heterocycles. The van der Waals surface area contributed by atoms with Crippen molar-refractivity contribution in [3.8, 4) is 0 Å². The Morgan fingerprint density at radius 1 is 1.73 bits per heavy atom. The van der Waals surface area contributed by atoms with Gasteiger partial charge in [0.05, 0.1) is 12.6 Å². The summed E-state index contributed by atoms with van der Waals surface area (Å²) in [5.41, 5.74) is 0. The molecule has 0 spiro atoms. The monoisotopic (exact) mass is 159 g/mol. The Hall–Kier alpha value is -1.03. The third-order valence-corrected chi connectivity index (χ3v) is 1.27. The van der Waals surface area contributed by atoms with Crippen molar-refractivity contribution < 1.29 is 15.0 Å². The van der Waals surface area contributed by atoms with Gasteiger partial charge < -0.3 is 15.5 Å². The van der Waals surface area contributed by atoms with Crippen LogP contribution in [-0.4, -0.2) is 29.0 Å². The summed E-state index contributed by atoms with van der Waals surface area (Å²) in [7, 11) is 0. The van der Waals surface area contributed by atoms with E-state index in [1.54, 1.807) is 6.08 Å². The van der Waals surface area contributed by atoms with E-state index in [1.165, 1.54) is 0 Å². The van der Waals surface area contributed by atoms with E-state index in [0.717, 1.165) is 0 Å². The van der Waals surface area contributed by atoms with Crippen molar-refractivity contribution in [1.29, 1.82) is 0 Å². The van der Waals surface area contributed by atoms with Crippen LogP contribution >= 0.6 is 0 Å². The Morgan fingerprint density at radius 2 is 2.36 bits per heavy atom. The maximum atomic E-state index is 10.1. The van der Waals surface area contributed by atoms with Crippen molar-refractivity contribution in [2.45, 2.75) is 18.9 Å². The van der Waals surface area contributed by atoms with Gasteiger partial charge in [-0.25, -0.2) is 4.79 Å². The number of hydrogen-bond acceptors (Lipinski definition) is 2. The van der Waals surface area contributed by atoms with Crippen LogP contribution in [0.15, 0.2) is 12.7 Å². The maximum absolute atomic E-state index is 10.1. The molecule has 1 unspecified atom stereocenters. The average molecular weight is 159 g/mol. The second-order valence-corrected chi connectivity index (χ2v) is 2.20. The summed E-state index contributed by atoms with van der Waals surface area (Å²) < 4.78 is 0. The minimum atomic E-state index is -1.10. The Balaban J connectivity index is 3.57. The second kappa shape index (κ2) is 5.73. The third-order valence-electron chi connectivity index (χ3n) is 1.27. The Morgan fingerprint density at radius 3 is 2.73 bits per heavy atom. The van der Waals surface area contributed by atoms with Crippen LogP contribution in [0.1, 0.15) is 12.8 Å². The van der Waals surface area contributed by atoms with Gasteiger partial charge in [0, 0.05) is 0 Å². The van der Waals surface area contributed by atoms with Gasteiger partial charge in [-0.3, -0.25) is 0 Å². The van der Waals surface area contributed by atoms with E-state index in [9.17, 15) is 4.79 Å². The lowest BCUT2D eigenvalue weighted by Gasteiger charge is -2.11. The van der Waals surface area contributed by atoms with Gasteiger partial charge in [-0.1, -0.05) is 6.08 Å². The molecule has 1 amide bonds. The fourth-order valence-electron chi connectivity index (χ4n) is 0.703. The van der Waals surface area contributed by atoms with Gasteiger partial charge in [0.25, 0.3) is 0 Å². The lowest BCUT2D eigenvalue weighted by Crippen LogP contribution is -2.36. The van der Waals surface area contributed by atoms with Crippen molar-refractivity contribution in [2.75, 3.05) is 6.61 Å². The topological polar surface area (TPSA) is 69.6 Å². The van der Waals surface area contributed by atoms with E-state index >= 15 is 0 Å². The van der Waals surface area contributed by atoms with E-state index < -0.39 is 6.09 Å². The number of nitrogens with one attached hydrogen (secondary N) is 1. The minimum Gasteiger partial charge on any atom is -0.465 e. The molecule has 0 aromatic carbocycles. The molecule has 0 saturated heterocycles. The summed E-state index contributed by atoms with van der Waals surface area (Å²) in [5.74, 6) is 0. The first kappa shape index (κ1) is 9.97. The summed E-state index contributed by atoms with van der Waals surface area (Å²) in [6.45, 7) is 3.32. The van der Waals surface area contributed by atoms with E-state index in [0.29, 0.717) is 12.8 Å². The van der Waals surface area contributed by atoms with Crippen LogP contribution in [0, 0.1) is 0 Å². The number of carboxylic acid groups (broad SMARTS) is 1. The van der Waals surface area contributed by atoms with Gasteiger partial charge in [0.1, 0.15) is 0 Å². The molecule has 0 aliphatic carbocycles. The molecule has 4 heteroatoms. The highest BCUT2D eigenvalue weighted by atomic mass is 16.4. The number of aliphatic hydroxyl groups excluding tert-OH is 1. The number of hydrogen-bond donors (Lipinski definition) is 3. The first-order valence-electron chi connectivity index (χ1n) is 3.42. The normalized spacial score (nSPS) is 12.1. The van der Waals surface area contributed by atoms with Crippen LogP contribution in [0.5, 0.6) is 0 Å². The number of rotatable bonds is 5. The molecule has 0 rings (SSSR count). The lowest BCUT2D eigenvalue weighted by molar-refractivity contribution is 0.175. The molecule has 0 radical (unpaired) electrons. The van der Waals surface area contributed by atoms with E-state index in [2.05, 4.69) is 11.9 Å². The molecule has 64 valence electrons. The van der Waals surface area contributed by atoms with Crippen LogP contribution in [-0.2, 0) is 0 Å². The highest BCUT2D eigenvalue weighted by Crippen LogP contribution is 1.96. The highest BCUT2D eigenvalue weighted by molar-refractivity contribution is 5.64. The zero-order valence-corrected chi connectivity index (χ0v) is 6.29. The van der Waals surface area contributed by atoms with E-state index in [-0.39, 0.29) is 12.6 Å². The van der Waals surface area contributed by atoms with Crippen LogP contribution in [0.4, 0.5) is 4.79 Å². The molecule has 0 aromatic heterocycles. The fourth-order valence-corrected chi connectivity index (χ4v) is 0.703. The first-order valence-corrected chi connectivity index (χ1v) is 3.42. The van der Waals surface area contributed by atoms with Crippen LogP contribution in [0.3, 0.4) is 0 Å². The van der Waals surface area contributed by atoms with E-state index in [1.807, 2.05) is 0 Å². The van der Waals surface area contributed by atoms with Crippen LogP contribution in [0.25, 0.3) is 0 Å². The predicted molar refractivity (Wildman–Crippen MR) is 41.5 cm³/mol. The predicted octanol–water partition coefficient (Wildman–Crippen LogP) is 0.581. The first-order chi connectivity index (χ1) is 5.20. The Labute approximate surface area is 65.5 Å². The number of allylic oxidation sites excluding steroid dienone is 1. The third kappa shape index (κ3) is 5.42. The fraction of sp³-hybridized carbons (Fsp3) is 0.571. The number of aliphatic hydroxyl groups is 1. The van der Waals surface area contributed by atoms with Crippen molar-refractivity contribution in [2.24, 2.45) is 0 Å². The van der Waals surface area contributed by atoms with Crippen LogP contribution < -0.4 is 5.32 Å². The standard InChI is InChI=1S/C7H13NO3/c1-2-3-4-6(5-9)8-7(10)11/h2,6,8-9H,1,3-5H2,(H,10,11). The van der Waals surface area contributed by atoms with Crippen molar-refractivity contribution >= 4 is 6.09 Å². The average Bonchev–Trinajstić information content (AvgIpc) is 1.97. The SMILES string of the molecule is C=CCCC(CO)NC(=O)O. The van der Waals surface area contributed by atoms with Gasteiger partial charge in [-0.05, 0) is 12.8 Å². The Bertz CT molecular complexity index is 136. The van der Waals surface area contributed by atoms with Crippen molar-refractivity contribution in [3.63, 3.8) is 0 Å². The Kier molecular flexibility index (Phi) is 5.20. The molecule has 0 aliphatic rings. The summed E-state index contributed by atoms with van der Waals surface area (Å²) >= 11 is 0. The molecular weight excluding hydrogens is 146 g/mol. The molecule has 3 N–H and O–H groups in total. The van der Waals surface area contributed by atoms with Gasteiger partial charge in [-0.2, -0.15) is 0 Å². The quantitative estimate of drug-likeness (QED) is 0.514. The molecule has 4 nitrogen and oxygen atoms in total. The zero-order chi connectivity index (χ0) is 8.69. The molecule has 0 aromatic rings. The highest BCUT2D eigenvalue weighted by Gasteiger charge is 2.07. The number of carbonyl (C=O) groups is 1. The molecular formula is C7H13NO3. The van der Waals surface area contributed by atoms with Gasteiger partial charge in [0.15, 0.2) is 0 Å². The summed E-state index contributed by atoms with van der Waals surface area (Å²) in [4.78, 5) is 10.1. The van der Waals surface area contributed by atoms with E-state index in [4.69, 9.17) is 10.2 Å². The maximum Gasteiger partial charge on any atom is 0.404 e. The molecule has 0 bridgehead atoms. The molecule has 11 heavy (non-hydrogen) atoms. The lowest BCUT2D eigenvalue weighted by atomic mass is 10.2. The number of amides is 1. The zero-order valence-electron chi connectivity index (χ0n) is 6.29. The molecule has 0 aliphatic heterocycles. The van der Waals surface area contributed by atoms with Crippen molar-refractivity contribution in [1.82, 2.24) is 5.32 Å². The largest absolute Gasteiger partial charge is 0.465 e. The summed E-state index contributed by atoms with van der Waals surface area (Å²) in [6.07, 6.45) is 1.87. The molecule has 0 saturated carbocycles. The minimum absolute atomic E-state index is 0.167. The van der Waals surface area contributed by atoms with Gasteiger partial charge in [0.2, 0.25) is 0 Å². The summed E-state index contributed by atoms with van der Waals surface area (Å²) in [5, 5.41) is 19.1. The second-order valence-electron chi connectivity index (χ2n) is 2.20. The smallest absolute Gasteiger partial charge is 0.404 e. The molecule has 1 atom stereocenters. The van der Waals surface area contributed by atoms with Crippen LogP contribution in [0.2, 0.25) is 0 Å².